The van der Waals surface area contributed by atoms with E-state index in [0.717, 1.165) is 15.6 Å². The SMILES string of the molecule is Cc1c(C(=O)N2CC(c3nn(CC(=O)N4CCC[C@H]4C(F)(F)F)c4cc(F)cc(F)c34)C2)ccnc1N. The van der Waals surface area contributed by atoms with Crippen LogP contribution in [0.1, 0.15) is 40.4 Å². The summed E-state index contributed by atoms with van der Waals surface area (Å²) in [5, 5.41) is 4.30. The van der Waals surface area contributed by atoms with Crippen molar-refractivity contribution in [1.29, 1.82) is 0 Å². The van der Waals surface area contributed by atoms with Gasteiger partial charge >= 0.3 is 6.18 Å². The van der Waals surface area contributed by atoms with Gasteiger partial charge in [0.2, 0.25) is 5.91 Å². The number of rotatable bonds is 4. The Morgan fingerprint density at radius 1 is 1.19 bits per heavy atom. The fourth-order valence-corrected chi connectivity index (χ4v) is 5.05. The average molecular weight is 522 g/mol. The first-order chi connectivity index (χ1) is 17.5. The van der Waals surface area contributed by atoms with E-state index in [-0.39, 0.29) is 60.8 Å². The minimum atomic E-state index is -4.57. The minimum Gasteiger partial charge on any atom is -0.383 e. The van der Waals surface area contributed by atoms with Gasteiger partial charge in [0, 0.05) is 55.0 Å². The quantitative estimate of drug-likeness (QED) is 0.530. The van der Waals surface area contributed by atoms with Gasteiger partial charge in [-0.25, -0.2) is 13.8 Å². The molecule has 4 heterocycles. The van der Waals surface area contributed by atoms with E-state index in [0.29, 0.717) is 17.2 Å². The zero-order valence-electron chi connectivity index (χ0n) is 19.7. The van der Waals surface area contributed by atoms with E-state index >= 15 is 0 Å². The number of anilines is 1. The Morgan fingerprint density at radius 2 is 1.92 bits per heavy atom. The molecular weight excluding hydrogens is 499 g/mol. The molecule has 2 N–H and O–H groups in total. The third kappa shape index (κ3) is 4.36. The average Bonchev–Trinajstić information content (AvgIpc) is 3.41. The van der Waals surface area contributed by atoms with Gasteiger partial charge in [0.05, 0.1) is 16.6 Å². The van der Waals surface area contributed by atoms with Crippen LogP contribution in [-0.2, 0) is 11.3 Å². The predicted octanol–water partition coefficient (Wildman–Crippen LogP) is 3.39. The number of hydrogen-bond donors (Lipinski definition) is 1. The minimum absolute atomic E-state index is 0.0237. The van der Waals surface area contributed by atoms with Gasteiger partial charge in [-0.05, 0) is 25.8 Å². The summed E-state index contributed by atoms with van der Waals surface area (Å²) in [6, 6.07) is 1.33. The smallest absolute Gasteiger partial charge is 0.383 e. The number of aromatic nitrogens is 3. The number of fused-ring (bicyclic) bond motifs is 1. The molecule has 13 heteroatoms. The number of benzene rings is 1. The number of nitrogens with two attached hydrogens (primary N) is 1. The van der Waals surface area contributed by atoms with Crippen molar-refractivity contribution in [2.24, 2.45) is 0 Å². The first-order valence-corrected chi connectivity index (χ1v) is 11.7. The van der Waals surface area contributed by atoms with Gasteiger partial charge in [0.25, 0.3) is 5.91 Å². The van der Waals surface area contributed by atoms with Crippen LogP contribution in [0.25, 0.3) is 10.9 Å². The van der Waals surface area contributed by atoms with Crippen molar-refractivity contribution in [2.45, 2.75) is 44.4 Å². The normalized spacial score (nSPS) is 18.5. The Labute approximate surface area is 207 Å². The number of halogens is 5. The second kappa shape index (κ2) is 8.96. The van der Waals surface area contributed by atoms with Crippen molar-refractivity contribution in [1.82, 2.24) is 24.6 Å². The molecule has 0 spiro atoms. The standard InChI is InChI=1S/C24H23F5N6O2/c1-12-15(4-5-31-22(12)30)23(37)33-9-13(10-33)21-20-16(26)7-14(25)8-17(20)35(32-21)11-19(36)34-6-2-3-18(34)24(27,28)29/h4-5,7-8,13,18H,2-3,6,9-11H2,1H3,(H2,30,31)/t18-/m0/s1. The van der Waals surface area contributed by atoms with Crippen LogP contribution in [0.3, 0.4) is 0 Å². The maximum Gasteiger partial charge on any atom is 0.408 e. The lowest BCUT2D eigenvalue weighted by Gasteiger charge is -2.38. The number of nitrogen functional groups attached to an aromatic ring is 1. The van der Waals surface area contributed by atoms with Gasteiger partial charge in [-0.3, -0.25) is 14.3 Å². The van der Waals surface area contributed by atoms with Crippen molar-refractivity contribution in [3.63, 3.8) is 0 Å². The van der Waals surface area contributed by atoms with Crippen molar-refractivity contribution >= 4 is 28.5 Å². The number of hydrogen-bond acceptors (Lipinski definition) is 5. The van der Waals surface area contributed by atoms with Crippen LogP contribution in [0.2, 0.25) is 0 Å². The maximum atomic E-state index is 14.9. The molecule has 2 amide bonds. The molecule has 0 aliphatic carbocycles. The highest BCUT2D eigenvalue weighted by Crippen LogP contribution is 2.36. The summed E-state index contributed by atoms with van der Waals surface area (Å²) in [5.74, 6) is -3.13. The number of nitrogens with zero attached hydrogens (tertiary/aromatic N) is 5. The van der Waals surface area contributed by atoms with Crippen LogP contribution < -0.4 is 5.73 Å². The molecule has 3 aromatic rings. The Hall–Kier alpha value is -3.77. The Kier molecular flexibility index (Phi) is 6.03. The number of pyridine rings is 1. The summed E-state index contributed by atoms with van der Waals surface area (Å²) in [6.45, 7) is 1.37. The molecule has 2 aliphatic heterocycles. The van der Waals surface area contributed by atoms with Gasteiger partial charge in [0.15, 0.2) is 0 Å². The largest absolute Gasteiger partial charge is 0.408 e. The summed E-state index contributed by atoms with van der Waals surface area (Å²) in [7, 11) is 0. The van der Waals surface area contributed by atoms with Crippen molar-refractivity contribution in [2.75, 3.05) is 25.4 Å². The van der Waals surface area contributed by atoms with Crippen LogP contribution in [0.4, 0.5) is 27.8 Å². The van der Waals surface area contributed by atoms with E-state index in [1.807, 2.05) is 0 Å². The third-order valence-electron chi connectivity index (χ3n) is 7.06. The molecule has 1 aromatic carbocycles. The van der Waals surface area contributed by atoms with Gasteiger partial charge in [-0.1, -0.05) is 0 Å². The fraction of sp³-hybridized carbons (Fsp3) is 0.417. The van der Waals surface area contributed by atoms with E-state index in [4.69, 9.17) is 5.73 Å². The van der Waals surface area contributed by atoms with Crippen LogP contribution in [-0.4, -0.2) is 68.2 Å². The van der Waals surface area contributed by atoms with E-state index in [2.05, 4.69) is 10.1 Å². The Bertz CT molecular complexity index is 1400. The van der Waals surface area contributed by atoms with E-state index in [1.165, 1.54) is 11.1 Å². The molecule has 2 fully saturated rings. The molecule has 37 heavy (non-hydrogen) atoms. The molecular formula is C24H23F5N6O2. The molecule has 1 atom stereocenters. The summed E-state index contributed by atoms with van der Waals surface area (Å²) in [6.07, 6.45) is -3.13. The summed E-state index contributed by atoms with van der Waals surface area (Å²) in [4.78, 5) is 31.9. The Morgan fingerprint density at radius 3 is 2.62 bits per heavy atom. The highest BCUT2D eigenvalue weighted by molar-refractivity contribution is 5.97. The fourth-order valence-electron chi connectivity index (χ4n) is 5.05. The van der Waals surface area contributed by atoms with Gasteiger partial charge in [0.1, 0.15) is 30.0 Å². The van der Waals surface area contributed by atoms with Gasteiger partial charge < -0.3 is 15.5 Å². The molecule has 2 aliphatic rings. The first kappa shape index (κ1) is 24.9. The Balaban J connectivity index is 1.41. The number of likely N-dealkylation sites (tertiary alicyclic amines) is 2. The van der Waals surface area contributed by atoms with Crippen LogP contribution >= 0.6 is 0 Å². The zero-order valence-corrected chi connectivity index (χ0v) is 19.7. The topological polar surface area (TPSA) is 97.4 Å². The van der Waals surface area contributed by atoms with Gasteiger partial charge in [-0.2, -0.15) is 18.3 Å². The molecule has 2 aromatic heterocycles. The summed E-state index contributed by atoms with van der Waals surface area (Å²) >= 11 is 0. The number of alkyl halides is 3. The molecule has 0 saturated carbocycles. The maximum absolute atomic E-state index is 14.9. The van der Waals surface area contributed by atoms with Crippen molar-refractivity contribution in [3.05, 3.63) is 52.9 Å². The second-order valence-corrected chi connectivity index (χ2v) is 9.39. The highest BCUT2D eigenvalue weighted by Gasteiger charge is 2.47. The van der Waals surface area contributed by atoms with Crippen LogP contribution in [0.5, 0.6) is 0 Å². The molecule has 2 saturated heterocycles. The van der Waals surface area contributed by atoms with E-state index in [9.17, 15) is 31.5 Å². The molecule has 0 bridgehead atoms. The molecule has 196 valence electrons. The molecule has 0 unspecified atom stereocenters. The van der Waals surface area contributed by atoms with Gasteiger partial charge in [-0.15, -0.1) is 0 Å². The van der Waals surface area contributed by atoms with Crippen molar-refractivity contribution < 1.29 is 31.5 Å². The lowest BCUT2D eigenvalue weighted by atomic mass is 9.92. The lowest BCUT2D eigenvalue weighted by molar-refractivity contribution is -0.183. The van der Waals surface area contributed by atoms with E-state index < -0.39 is 42.2 Å². The highest BCUT2D eigenvalue weighted by atomic mass is 19.4. The lowest BCUT2D eigenvalue weighted by Crippen LogP contribution is -2.49. The summed E-state index contributed by atoms with van der Waals surface area (Å²) in [5.41, 5.74) is 6.88. The second-order valence-electron chi connectivity index (χ2n) is 9.39. The predicted molar refractivity (Wildman–Crippen MR) is 122 cm³/mol. The molecule has 0 radical (unpaired) electrons. The van der Waals surface area contributed by atoms with Crippen LogP contribution in [0, 0.1) is 18.6 Å². The number of amides is 2. The monoisotopic (exact) mass is 522 g/mol. The molecule has 8 nitrogen and oxygen atoms in total. The molecule has 5 rings (SSSR count). The van der Waals surface area contributed by atoms with E-state index in [1.54, 1.807) is 13.0 Å². The van der Waals surface area contributed by atoms with Crippen molar-refractivity contribution in [3.8, 4) is 0 Å². The third-order valence-corrected chi connectivity index (χ3v) is 7.06. The number of carbonyl (C=O) groups excluding carboxylic acids is 2. The van der Waals surface area contributed by atoms with Crippen LogP contribution in [0.15, 0.2) is 24.4 Å². The first-order valence-electron chi connectivity index (χ1n) is 11.7. The number of carbonyl (C=O) groups is 2. The zero-order chi connectivity index (χ0) is 26.6. The summed E-state index contributed by atoms with van der Waals surface area (Å²) < 4.78 is 70.0.